The molecule has 0 amide bonds. The molecule has 0 atom stereocenters. The van der Waals surface area contributed by atoms with E-state index >= 15 is 0 Å². The van der Waals surface area contributed by atoms with Gasteiger partial charge in [-0.3, -0.25) is 0 Å². The van der Waals surface area contributed by atoms with E-state index in [1.165, 1.54) is 25.3 Å². The summed E-state index contributed by atoms with van der Waals surface area (Å²) in [5.74, 6) is -0.618. The van der Waals surface area contributed by atoms with Crippen LogP contribution in [0.2, 0.25) is 0 Å². The van der Waals surface area contributed by atoms with Gasteiger partial charge in [-0.2, -0.15) is 17.6 Å². The molecule has 0 aliphatic rings. The molecule has 1 aromatic carbocycles. The van der Waals surface area contributed by atoms with Crippen LogP contribution in [-0.2, 0) is 6.18 Å². The fraction of sp³-hybridized carbons (Fsp3) is 0.154. The molecule has 0 N–H and O–H groups in total. The van der Waals surface area contributed by atoms with Crippen molar-refractivity contribution in [3.63, 3.8) is 0 Å². The Morgan fingerprint density at radius 1 is 1.00 bits per heavy atom. The Labute approximate surface area is 101 Å². The highest BCUT2D eigenvalue weighted by Gasteiger charge is 2.30. The smallest absolute Gasteiger partial charge is 0.228 e. The highest BCUT2D eigenvalue weighted by Crippen LogP contribution is 2.31. The number of hydrogen-bond donors (Lipinski definition) is 0. The van der Waals surface area contributed by atoms with Gasteiger partial charge in [0.1, 0.15) is 0 Å². The summed E-state index contributed by atoms with van der Waals surface area (Å²) in [7, 11) is 0. The number of pyridine rings is 1. The lowest BCUT2D eigenvalue weighted by atomic mass is 10.0. The van der Waals surface area contributed by atoms with Crippen molar-refractivity contribution >= 4 is 0 Å². The van der Waals surface area contributed by atoms with Crippen LogP contribution in [0.1, 0.15) is 11.1 Å². The predicted molar refractivity (Wildman–Crippen MR) is 59.4 cm³/mol. The van der Waals surface area contributed by atoms with Crippen LogP contribution in [-0.4, -0.2) is 4.98 Å². The van der Waals surface area contributed by atoms with Crippen molar-refractivity contribution in [3.05, 3.63) is 53.6 Å². The minimum atomic E-state index is -4.36. The maximum atomic E-state index is 13.2. The molecule has 2 rings (SSSR count). The second-order valence-electron chi connectivity index (χ2n) is 3.85. The maximum absolute atomic E-state index is 13.2. The van der Waals surface area contributed by atoms with Crippen molar-refractivity contribution in [2.75, 3.05) is 0 Å². The number of alkyl halides is 3. The summed E-state index contributed by atoms with van der Waals surface area (Å²) in [5.41, 5.74) is 0.661. The molecular formula is C13H9F4N. The van der Waals surface area contributed by atoms with Crippen molar-refractivity contribution in [1.82, 2.24) is 4.98 Å². The minimum Gasteiger partial charge on any atom is -0.228 e. The van der Waals surface area contributed by atoms with Crippen molar-refractivity contribution in [3.8, 4) is 11.1 Å². The third kappa shape index (κ3) is 2.34. The number of halogens is 4. The maximum Gasteiger partial charge on any atom is 0.416 e. The third-order valence-corrected chi connectivity index (χ3v) is 2.67. The molecule has 1 heterocycles. The lowest BCUT2D eigenvalue weighted by Gasteiger charge is -2.09. The Morgan fingerprint density at radius 3 is 2.17 bits per heavy atom. The van der Waals surface area contributed by atoms with E-state index in [0.717, 1.165) is 12.1 Å². The molecule has 5 heteroatoms. The molecule has 0 spiro atoms. The van der Waals surface area contributed by atoms with Crippen LogP contribution in [0.25, 0.3) is 11.1 Å². The van der Waals surface area contributed by atoms with E-state index in [1.807, 2.05) is 0 Å². The Morgan fingerprint density at radius 2 is 1.61 bits per heavy atom. The molecule has 0 bridgehead atoms. The molecule has 1 nitrogen and oxygen atoms in total. The van der Waals surface area contributed by atoms with Gasteiger partial charge in [-0.15, -0.1) is 0 Å². The average molecular weight is 255 g/mol. The van der Waals surface area contributed by atoms with Crippen LogP contribution >= 0.6 is 0 Å². The minimum absolute atomic E-state index is 0.317. The largest absolute Gasteiger partial charge is 0.416 e. The monoisotopic (exact) mass is 255 g/mol. The Hall–Kier alpha value is -1.91. The van der Waals surface area contributed by atoms with E-state index in [-0.39, 0.29) is 0 Å². The van der Waals surface area contributed by atoms with E-state index in [9.17, 15) is 17.6 Å². The highest BCUT2D eigenvalue weighted by molar-refractivity contribution is 5.66. The summed E-state index contributed by atoms with van der Waals surface area (Å²) in [6, 6.07) is 6.18. The number of hydrogen-bond acceptors (Lipinski definition) is 1. The van der Waals surface area contributed by atoms with Gasteiger partial charge in [0.05, 0.1) is 5.56 Å². The average Bonchev–Trinajstić information content (AvgIpc) is 2.32. The number of nitrogens with zero attached hydrogens (tertiary/aromatic N) is 1. The number of rotatable bonds is 1. The molecule has 1 aromatic heterocycles. The topological polar surface area (TPSA) is 12.9 Å². The predicted octanol–water partition coefficient (Wildman–Crippen LogP) is 4.21. The Kier molecular flexibility index (Phi) is 3.07. The number of benzene rings is 1. The first kappa shape index (κ1) is 12.5. The molecular weight excluding hydrogens is 246 g/mol. The molecule has 0 saturated carbocycles. The summed E-state index contributed by atoms with van der Waals surface area (Å²) in [5, 5.41) is 0. The zero-order valence-electron chi connectivity index (χ0n) is 9.42. The van der Waals surface area contributed by atoms with Crippen LogP contribution in [0.15, 0.2) is 36.5 Å². The van der Waals surface area contributed by atoms with Crippen molar-refractivity contribution in [2.24, 2.45) is 0 Å². The summed E-state index contributed by atoms with van der Waals surface area (Å²) in [6.07, 6.45) is -3.08. The highest BCUT2D eigenvalue weighted by atomic mass is 19.4. The van der Waals surface area contributed by atoms with Gasteiger partial charge in [0.15, 0.2) is 0 Å². The quantitative estimate of drug-likeness (QED) is 0.549. The lowest BCUT2D eigenvalue weighted by molar-refractivity contribution is -0.137. The zero-order valence-corrected chi connectivity index (χ0v) is 9.42. The van der Waals surface area contributed by atoms with Gasteiger partial charge < -0.3 is 0 Å². The van der Waals surface area contributed by atoms with Crippen LogP contribution in [0.4, 0.5) is 17.6 Å². The van der Waals surface area contributed by atoms with Gasteiger partial charge in [0.2, 0.25) is 5.95 Å². The molecule has 0 fully saturated rings. The van der Waals surface area contributed by atoms with Crippen LogP contribution in [0.3, 0.4) is 0 Å². The van der Waals surface area contributed by atoms with Gasteiger partial charge in [0.25, 0.3) is 0 Å². The molecule has 0 unspecified atom stereocenters. The molecule has 94 valence electrons. The first-order chi connectivity index (χ1) is 8.39. The molecule has 0 aliphatic heterocycles. The molecule has 0 radical (unpaired) electrons. The molecule has 0 saturated heterocycles. The first-order valence-electron chi connectivity index (χ1n) is 5.18. The van der Waals surface area contributed by atoms with Gasteiger partial charge >= 0.3 is 6.18 Å². The number of aromatic nitrogens is 1. The van der Waals surface area contributed by atoms with Crippen molar-refractivity contribution in [2.45, 2.75) is 13.1 Å². The standard InChI is InChI=1S/C13H9F4N/c1-8-11(6-7-18-12(8)14)9-2-4-10(5-3-9)13(15,16)17/h2-7H,1H3. The van der Waals surface area contributed by atoms with E-state index in [0.29, 0.717) is 16.7 Å². The first-order valence-corrected chi connectivity index (χ1v) is 5.18. The summed E-state index contributed by atoms with van der Waals surface area (Å²) >= 11 is 0. The summed E-state index contributed by atoms with van der Waals surface area (Å²) < 4.78 is 50.4. The molecule has 2 aromatic rings. The fourth-order valence-corrected chi connectivity index (χ4v) is 1.66. The summed E-state index contributed by atoms with van der Waals surface area (Å²) in [4.78, 5) is 3.48. The third-order valence-electron chi connectivity index (χ3n) is 2.67. The fourth-order valence-electron chi connectivity index (χ4n) is 1.66. The SMILES string of the molecule is Cc1c(-c2ccc(C(F)(F)F)cc2)ccnc1F. The van der Waals surface area contributed by atoms with Gasteiger partial charge in [0, 0.05) is 11.8 Å². The van der Waals surface area contributed by atoms with E-state index in [2.05, 4.69) is 4.98 Å². The molecule has 0 aliphatic carbocycles. The zero-order chi connectivity index (χ0) is 13.3. The van der Waals surface area contributed by atoms with Crippen LogP contribution in [0, 0.1) is 12.9 Å². The van der Waals surface area contributed by atoms with E-state index in [4.69, 9.17) is 0 Å². The van der Waals surface area contributed by atoms with E-state index in [1.54, 1.807) is 6.07 Å². The normalized spacial score (nSPS) is 11.6. The Bertz CT molecular complexity index is 558. The Balaban J connectivity index is 2.44. The van der Waals surface area contributed by atoms with Crippen molar-refractivity contribution in [1.29, 1.82) is 0 Å². The van der Waals surface area contributed by atoms with Gasteiger partial charge in [-0.25, -0.2) is 4.98 Å². The van der Waals surface area contributed by atoms with Crippen LogP contribution < -0.4 is 0 Å². The second-order valence-corrected chi connectivity index (χ2v) is 3.85. The lowest BCUT2D eigenvalue weighted by Crippen LogP contribution is -2.04. The van der Waals surface area contributed by atoms with E-state index < -0.39 is 17.7 Å². The van der Waals surface area contributed by atoms with Gasteiger partial charge in [-0.05, 0) is 36.2 Å². The van der Waals surface area contributed by atoms with Crippen molar-refractivity contribution < 1.29 is 17.6 Å². The van der Waals surface area contributed by atoms with Crippen LogP contribution in [0.5, 0.6) is 0 Å². The summed E-state index contributed by atoms with van der Waals surface area (Å²) in [6.45, 7) is 1.54. The van der Waals surface area contributed by atoms with Gasteiger partial charge in [-0.1, -0.05) is 12.1 Å². The second kappa shape index (κ2) is 4.40. The molecule has 18 heavy (non-hydrogen) atoms.